The number of nitrogens with one attached hydrogen (secondary N) is 2. The van der Waals surface area contributed by atoms with E-state index in [-0.39, 0.29) is 24.2 Å². The number of benzene rings is 3. The van der Waals surface area contributed by atoms with E-state index < -0.39 is 5.82 Å². The monoisotopic (exact) mass is 392 g/mol. The first kappa shape index (κ1) is 19.9. The van der Waals surface area contributed by atoms with Gasteiger partial charge in [-0.05, 0) is 65.7 Å². The van der Waals surface area contributed by atoms with Gasteiger partial charge in [0.15, 0.2) is 0 Å². The Morgan fingerprint density at radius 1 is 0.862 bits per heavy atom. The van der Waals surface area contributed by atoms with Crippen molar-refractivity contribution < 1.29 is 18.4 Å². The molecule has 0 saturated heterocycles. The molecule has 0 aliphatic carbocycles. The minimum atomic E-state index is -0.409. The number of amides is 2. The lowest BCUT2D eigenvalue weighted by molar-refractivity contribution is -0.116. The van der Waals surface area contributed by atoms with Crippen molar-refractivity contribution in [1.29, 1.82) is 0 Å². The third-order valence-electron chi connectivity index (χ3n) is 4.06. The molecule has 0 saturated carbocycles. The second-order valence-electron chi connectivity index (χ2n) is 6.26. The van der Waals surface area contributed by atoms with E-state index in [1.807, 2.05) is 6.07 Å². The van der Waals surface area contributed by atoms with E-state index in [0.717, 1.165) is 5.56 Å². The molecule has 0 atom stereocenters. The Balaban J connectivity index is 1.55. The molecule has 3 rings (SSSR count). The Labute approximate surface area is 166 Å². The van der Waals surface area contributed by atoms with Crippen LogP contribution in [0.4, 0.5) is 14.5 Å². The second-order valence-corrected chi connectivity index (χ2v) is 6.26. The molecule has 6 heteroatoms. The molecule has 2 N–H and O–H groups in total. The average molecular weight is 392 g/mol. The average Bonchev–Trinajstić information content (AvgIpc) is 2.72. The van der Waals surface area contributed by atoms with E-state index in [4.69, 9.17) is 0 Å². The maximum atomic E-state index is 13.0. The fraction of sp³-hybridized carbons (Fsp3) is 0.0435. The molecule has 0 aliphatic rings. The lowest BCUT2D eigenvalue weighted by atomic mass is 10.1. The molecule has 0 aromatic heterocycles. The quantitative estimate of drug-likeness (QED) is 0.605. The molecular weight excluding hydrogens is 374 g/mol. The van der Waals surface area contributed by atoms with Crippen molar-refractivity contribution in [3.8, 4) is 0 Å². The Bertz CT molecular complexity index is 1030. The molecule has 3 aromatic rings. The van der Waals surface area contributed by atoms with Crippen LogP contribution in [-0.4, -0.2) is 11.8 Å². The van der Waals surface area contributed by atoms with Crippen molar-refractivity contribution in [1.82, 2.24) is 5.32 Å². The predicted molar refractivity (Wildman–Crippen MR) is 108 cm³/mol. The fourth-order valence-corrected chi connectivity index (χ4v) is 2.56. The SMILES string of the molecule is O=C(/C=C/c1ccc(F)cc1)NCc1cccc(NC(=O)c2ccc(F)cc2)c1. The van der Waals surface area contributed by atoms with E-state index in [9.17, 15) is 18.4 Å². The Kier molecular flexibility index (Phi) is 6.47. The largest absolute Gasteiger partial charge is 0.348 e. The lowest BCUT2D eigenvalue weighted by Crippen LogP contribution is -2.20. The van der Waals surface area contributed by atoms with E-state index in [1.165, 1.54) is 42.5 Å². The van der Waals surface area contributed by atoms with E-state index >= 15 is 0 Å². The highest BCUT2D eigenvalue weighted by atomic mass is 19.1. The van der Waals surface area contributed by atoms with Crippen LogP contribution in [0, 0.1) is 11.6 Å². The molecule has 29 heavy (non-hydrogen) atoms. The number of rotatable bonds is 6. The van der Waals surface area contributed by atoms with Crippen LogP contribution in [-0.2, 0) is 11.3 Å². The normalized spacial score (nSPS) is 10.7. The highest BCUT2D eigenvalue weighted by Gasteiger charge is 2.07. The van der Waals surface area contributed by atoms with Gasteiger partial charge in [0.1, 0.15) is 11.6 Å². The summed E-state index contributed by atoms with van der Waals surface area (Å²) in [4.78, 5) is 24.2. The molecule has 0 unspecified atom stereocenters. The molecule has 0 radical (unpaired) electrons. The Hall–Kier alpha value is -3.80. The minimum absolute atomic E-state index is 0.271. The van der Waals surface area contributed by atoms with Crippen molar-refractivity contribution in [3.05, 3.63) is 107 Å². The minimum Gasteiger partial charge on any atom is -0.348 e. The van der Waals surface area contributed by atoms with Crippen molar-refractivity contribution in [2.75, 3.05) is 5.32 Å². The summed E-state index contributed by atoms with van der Waals surface area (Å²) < 4.78 is 25.8. The summed E-state index contributed by atoms with van der Waals surface area (Å²) in [6, 6.07) is 18.1. The molecule has 0 aliphatic heterocycles. The maximum Gasteiger partial charge on any atom is 0.255 e. The fourth-order valence-electron chi connectivity index (χ4n) is 2.56. The molecule has 3 aromatic carbocycles. The highest BCUT2D eigenvalue weighted by molar-refractivity contribution is 6.04. The molecule has 146 valence electrons. The van der Waals surface area contributed by atoms with Crippen LogP contribution in [0.25, 0.3) is 6.08 Å². The number of hydrogen-bond acceptors (Lipinski definition) is 2. The van der Waals surface area contributed by atoms with Crippen LogP contribution in [0.3, 0.4) is 0 Å². The van der Waals surface area contributed by atoms with E-state index in [2.05, 4.69) is 10.6 Å². The first-order chi connectivity index (χ1) is 14.0. The zero-order valence-corrected chi connectivity index (χ0v) is 15.4. The van der Waals surface area contributed by atoms with Gasteiger partial charge in [-0.2, -0.15) is 0 Å². The number of halogens is 2. The van der Waals surface area contributed by atoms with Crippen LogP contribution >= 0.6 is 0 Å². The van der Waals surface area contributed by atoms with E-state index in [0.29, 0.717) is 16.8 Å². The van der Waals surface area contributed by atoms with Crippen LogP contribution in [0.5, 0.6) is 0 Å². The summed E-state index contributed by atoms with van der Waals surface area (Å²) in [6.07, 6.45) is 2.96. The number of anilines is 1. The van der Waals surface area contributed by atoms with Crippen LogP contribution < -0.4 is 10.6 Å². The van der Waals surface area contributed by atoms with Crippen LogP contribution in [0.1, 0.15) is 21.5 Å². The van der Waals surface area contributed by atoms with Gasteiger partial charge < -0.3 is 10.6 Å². The molecule has 0 heterocycles. The van der Waals surface area contributed by atoms with Gasteiger partial charge in [-0.15, -0.1) is 0 Å². The van der Waals surface area contributed by atoms with Crippen molar-refractivity contribution in [2.24, 2.45) is 0 Å². The smallest absolute Gasteiger partial charge is 0.255 e. The molecule has 4 nitrogen and oxygen atoms in total. The summed E-state index contributed by atoms with van der Waals surface area (Å²) in [6.45, 7) is 0.271. The maximum absolute atomic E-state index is 13.0. The predicted octanol–water partition coefficient (Wildman–Crippen LogP) is 4.55. The summed E-state index contributed by atoms with van der Waals surface area (Å²) in [7, 11) is 0. The first-order valence-electron chi connectivity index (χ1n) is 8.87. The van der Waals surface area contributed by atoms with Gasteiger partial charge in [-0.25, -0.2) is 8.78 Å². The zero-order chi connectivity index (χ0) is 20.6. The van der Waals surface area contributed by atoms with Crippen LogP contribution in [0.2, 0.25) is 0 Å². The van der Waals surface area contributed by atoms with Gasteiger partial charge >= 0.3 is 0 Å². The third-order valence-corrected chi connectivity index (χ3v) is 4.06. The summed E-state index contributed by atoms with van der Waals surface area (Å²) in [5.74, 6) is -1.39. The molecule has 2 amide bonds. The summed E-state index contributed by atoms with van der Waals surface area (Å²) >= 11 is 0. The number of hydrogen-bond donors (Lipinski definition) is 2. The lowest BCUT2D eigenvalue weighted by Gasteiger charge is -2.08. The number of carbonyl (C=O) groups is 2. The van der Waals surface area contributed by atoms with E-state index in [1.54, 1.807) is 36.4 Å². The van der Waals surface area contributed by atoms with Crippen molar-refractivity contribution in [3.63, 3.8) is 0 Å². The molecule has 0 spiro atoms. The molecule has 0 fully saturated rings. The van der Waals surface area contributed by atoms with Crippen molar-refractivity contribution in [2.45, 2.75) is 6.54 Å². The second kappa shape index (κ2) is 9.41. The Morgan fingerprint density at radius 2 is 1.52 bits per heavy atom. The summed E-state index contributed by atoms with van der Waals surface area (Å²) in [5.41, 5.74) is 2.42. The molecular formula is C23H18F2N2O2. The van der Waals surface area contributed by atoms with Gasteiger partial charge in [0, 0.05) is 23.9 Å². The third kappa shape index (κ3) is 6.10. The van der Waals surface area contributed by atoms with Gasteiger partial charge in [-0.1, -0.05) is 24.3 Å². The first-order valence-corrected chi connectivity index (χ1v) is 8.87. The van der Waals surface area contributed by atoms with Gasteiger partial charge in [0.25, 0.3) is 5.91 Å². The van der Waals surface area contributed by atoms with Gasteiger partial charge in [0.2, 0.25) is 5.91 Å². The van der Waals surface area contributed by atoms with Gasteiger partial charge in [0.05, 0.1) is 0 Å². The van der Waals surface area contributed by atoms with Crippen molar-refractivity contribution >= 4 is 23.6 Å². The standard InChI is InChI=1S/C23H18F2N2O2/c24-19-9-4-16(5-10-19)6-13-22(28)26-15-17-2-1-3-21(14-17)27-23(29)18-7-11-20(25)12-8-18/h1-14H,15H2,(H,26,28)(H,27,29)/b13-6+. The number of carbonyl (C=O) groups excluding carboxylic acids is 2. The highest BCUT2D eigenvalue weighted by Crippen LogP contribution is 2.13. The summed E-state index contributed by atoms with van der Waals surface area (Å²) in [5, 5.41) is 5.48. The Morgan fingerprint density at radius 3 is 2.21 bits per heavy atom. The topological polar surface area (TPSA) is 58.2 Å². The zero-order valence-electron chi connectivity index (χ0n) is 15.4. The van der Waals surface area contributed by atoms with Crippen LogP contribution in [0.15, 0.2) is 78.9 Å². The molecule has 0 bridgehead atoms. The van der Waals surface area contributed by atoms with Gasteiger partial charge in [-0.3, -0.25) is 9.59 Å².